The SMILES string of the molecule is COc1ccc(C(OCC2OC(n3cnc4c(NC(=O)c5ccc(CNC(=O)CCCC(=O)OCC6c7ccccc7-c7ccccc76)cc5)ncnc43)CC2O)(c2ccccc2)c2ccc(OC)cc2)cc1. The minimum Gasteiger partial charge on any atom is -0.497 e. The van der Waals surface area contributed by atoms with Crippen molar-refractivity contribution in [2.24, 2.45) is 0 Å². The molecule has 3 heterocycles. The van der Waals surface area contributed by atoms with Crippen molar-refractivity contribution in [1.82, 2.24) is 24.8 Å². The zero-order valence-electron chi connectivity index (χ0n) is 40.3. The highest BCUT2D eigenvalue weighted by atomic mass is 16.6. The Balaban J connectivity index is 0.731. The molecule has 0 spiro atoms. The molecule has 3 atom stereocenters. The molecular weight excluding hydrogens is 925 g/mol. The quantitative estimate of drug-likeness (QED) is 0.0517. The molecule has 1 fully saturated rings. The second-order valence-electron chi connectivity index (χ2n) is 18.0. The number of hydrogen-bond acceptors (Lipinski definition) is 12. The molecule has 73 heavy (non-hydrogen) atoms. The van der Waals surface area contributed by atoms with Crippen LogP contribution in [0.5, 0.6) is 11.5 Å². The number of anilines is 1. The number of aromatic nitrogens is 4. The number of fused-ring (bicyclic) bond motifs is 4. The predicted octanol–water partition coefficient (Wildman–Crippen LogP) is 8.90. The van der Waals surface area contributed by atoms with Crippen LogP contribution in [0.3, 0.4) is 0 Å². The van der Waals surface area contributed by atoms with Gasteiger partial charge in [-0.3, -0.25) is 19.0 Å². The van der Waals surface area contributed by atoms with Crippen LogP contribution in [0.2, 0.25) is 0 Å². The average molecular weight is 979 g/mol. The zero-order chi connectivity index (χ0) is 50.3. The first kappa shape index (κ1) is 48.4. The van der Waals surface area contributed by atoms with Gasteiger partial charge in [0, 0.05) is 37.3 Å². The first-order valence-electron chi connectivity index (χ1n) is 24.2. The van der Waals surface area contributed by atoms with Gasteiger partial charge in [-0.1, -0.05) is 115 Å². The van der Waals surface area contributed by atoms with E-state index in [1.165, 1.54) is 17.5 Å². The van der Waals surface area contributed by atoms with E-state index in [-0.39, 0.29) is 62.6 Å². The zero-order valence-corrected chi connectivity index (χ0v) is 40.3. The van der Waals surface area contributed by atoms with Gasteiger partial charge in [0.15, 0.2) is 17.0 Å². The number of aliphatic hydroxyl groups excluding tert-OH is 1. The minimum absolute atomic E-state index is 0.0183. The Labute approximate surface area is 422 Å². The fourth-order valence-corrected chi connectivity index (χ4v) is 9.80. The number of carbonyl (C=O) groups excluding carboxylic acids is 3. The van der Waals surface area contributed by atoms with E-state index in [4.69, 9.17) is 23.7 Å². The Bertz CT molecular complexity index is 3130. The maximum atomic E-state index is 13.5. The van der Waals surface area contributed by atoms with Crippen LogP contribution in [-0.4, -0.2) is 82.1 Å². The maximum absolute atomic E-state index is 13.5. The largest absolute Gasteiger partial charge is 0.497 e. The summed E-state index contributed by atoms with van der Waals surface area (Å²) in [5.74, 6) is 0.635. The number of rotatable bonds is 19. The van der Waals surface area contributed by atoms with E-state index in [1.54, 1.807) is 49.4 Å². The first-order valence-corrected chi connectivity index (χ1v) is 24.2. The van der Waals surface area contributed by atoms with Crippen LogP contribution in [0.25, 0.3) is 22.3 Å². The third-order valence-electron chi connectivity index (χ3n) is 13.6. The van der Waals surface area contributed by atoms with Crippen LogP contribution in [0.15, 0.2) is 164 Å². The summed E-state index contributed by atoms with van der Waals surface area (Å²) in [6.45, 7) is 0.517. The number of ether oxygens (including phenoxy) is 5. The predicted molar refractivity (Wildman–Crippen MR) is 273 cm³/mol. The molecule has 10 rings (SSSR count). The Morgan fingerprint density at radius 3 is 1.97 bits per heavy atom. The number of carbonyl (C=O) groups is 3. The van der Waals surface area contributed by atoms with Crippen molar-refractivity contribution in [3.8, 4) is 22.6 Å². The number of hydrogen-bond donors (Lipinski definition) is 3. The third-order valence-corrected chi connectivity index (χ3v) is 13.6. The summed E-state index contributed by atoms with van der Waals surface area (Å²) in [6, 6.07) is 48.6. The molecule has 2 aromatic heterocycles. The van der Waals surface area contributed by atoms with E-state index < -0.39 is 29.9 Å². The molecule has 6 aromatic carbocycles. The monoisotopic (exact) mass is 978 g/mol. The highest BCUT2D eigenvalue weighted by Gasteiger charge is 2.42. The van der Waals surface area contributed by atoms with Crippen molar-refractivity contribution >= 4 is 34.8 Å². The van der Waals surface area contributed by atoms with E-state index in [1.807, 2.05) is 103 Å². The van der Waals surface area contributed by atoms with Gasteiger partial charge in [0.25, 0.3) is 5.91 Å². The van der Waals surface area contributed by atoms with Crippen LogP contribution < -0.4 is 20.1 Å². The minimum atomic E-state index is -1.11. The summed E-state index contributed by atoms with van der Waals surface area (Å²) >= 11 is 0. The van der Waals surface area contributed by atoms with Crippen LogP contribution in [0.4, 0.5) is 5.82 Å². The summed E-state index contributed by atoms with van der Waals surface area (Å²) in [7, 11) is 3.24. The fourth-order valence-electron chi connectivity index (χ4n) is 9.80. The summed E-state index contributed by atoms with van der Waals surface area (Å²) in [5, 5.41) is 17.2. The molecule has 0 saturated carbocycles. The molecule has 370 valence electrons. The second kappa shape index (κ2) is 21.6. The lowest BCUT2D eigenvalue weighted by atomic mass is 9.80. The Kier molecular flexibility index (Phi) is 14.3. The van der Waals surface area contributed by atoms with E-state index >= 15 is 0 Å². The summed E-state index contributed by atoms with van der Waals surface area (Å²) in [5.41, 5.74) is 7.99. The van der Waals surface area contributed by atoms with Gasteiger partial charge < -0.3 is 39.4 Å². The lowest BCUT2D eigenvalue weighted by Gasteiger charge is -2.37. The smallest absolute Gasteiger partial charge is 0.305 e. The molecule has 1 aliphatic heterocycles. The van der Waals surface area contributed by atoms with Crippen molar-refractivity contribution < 1.29 is 43.2 Å². The van der Waals surface area contributed by atoms with Crippen molar-refractivity contribution in [1.29, 1.82) is 0 Å². The number of nitrogens with zero attached hydrogens (tertiary/aromatic N) is 4. The molecule has 15 nitrogen and oxygen atoms in total. The average Bonchev–Trinajstić information content (AvgIpc) is 4.14. The highest BCUT2D eigenvalue weighted by molar-refractivity contribution is 6.06. The van der Waals surface area contributed by atoms with Gasteiger partial charge in [0.1, 0.15) is 42.4 Å². The van der Waals surface area contributed by atoms with Gasteiger partial charge in [-0.25, -0.2) is 15.0 Å². The van der Waals surface area contributed by atoms with Gasteiger partial charge in [-0.2, -0.15) is 0 Å². The third kappa shape index (κ3) is 10.2. The van der Waals surface area contributed by atoms with Crippen LogP contribution in [-0.2, 0) is 35.9 Å². The molecule has 0 bridgehead atoms. The first-order chi connectivity index (χ1) is 35.7. The molecule has 2 aliphatic rings. The number of imidazole rings is 1. The topological polar surface area (TPSA) is 185 Å². The number of amides is 2. The van der Waals surface area contributed by atoms with Crippen molar-refractivity contribution in [2.75, 3.05) is 32.8 Å². The van der Waals surface area contributed by atoms with Crippen LogP contribution >= 0.6 is 0 Å². The number of nitrogens with one attached hydrogen (secondary N) is 2. The Hall–Kier alpha value is -8.24. The number of benzene rings is 6. The Morgan fingerprint density at radius 1 is 0.712 bits per heavy atom. The molecule has 8 aromatic rings. The van der Waals surface area contributed by atoms with Crippen molar-refractivity contribution in [2.45, 2.75) is 62.2 Å². The summed E-state index contributed by atoms with van der Waals surface area (Å²) in [4.78, 5) is 52.3. The summed E-state index contributed by atoms with van der Waals surface area (Å²) < 4.78 is 31.9. The normalized spacial score (nSPS) is 16.1. The second-order valence-corrected chi connectivity index (χ2v) is 18.0. The van der Waals surface area contributed by atoms with Crippen molar-refractivity contribution in [3.05, 3.63) is 203 Å². The molecule has 2 amide bonds. The van der Waals surface area contributed by atoms with Gasteiger partial charge in [0.05, 0.1) is 33.3 Å². The van der Waals surface area contributed by atoms with Crippen molar-refractivity contribution in [3.63, 3.8) is 0 Å². The van der Waals surface area contributed by atoms with Crippen LogP contribution in [0.1, 0.15) is 81.6 Å². The van der Waals surface area contributed by atoms with E-state index in [0.29, 0.717) is 34.6 Å². The van der Waals surface area contributed by atoms with Gasteiger partial charge in [0.2, 0.25) is 5.91 Å². The molecular formula is C58H54N6O9. The van der Waals surface area contributed by atoms with Gasteiger partial charge >= 0.3 is 5.97 Å². The van der Waals surface area contributed by atoms with E-state index in [0.717, 1.165) is 33.4 Å². The number of aliphatic hydroxyl groups is 1. The molecule has 0 radical (unpaired) electrons. The fraction of sp³-hybridized carbons (Fsp3) is 0.241. The van der Waals surface area contributed by atoms with Crippen LogP contribution in [0, 0.1) is 0 Å². The lowest BCUT2D eigenvalue weighted by molar-refractivity contribution is -0.144. The Morgan fingerprint density at radius 2 is 1.33 bits per heavy atom. The standard InChI is InChI=1S/C58H54N6O9/c1-69-42-27-23-40(24-28-42)58(39-11-4-3-5-12-39,41-25-29-43(70-2)30-26-41)72-34-50-49(65)31-52(73-50)64-36-62-54-55(60-35-61-56(54)64)63-57(68)38-21-19-37(20-22-38)32-59-51(66)17-10-18-53(67)71-33-48-46-15-8-6-13-44(46)45-14-7-9-16-47(45)48/h3-9,11-16,19-30,35-36,48-50,52,65H,10,17-18,31-34H2,1-2H3,(H,59,66)(H,60,61,63,68). The van der Waals surface area contributed by atoms with E-state index in [2.05, 4.69) is 49.9 Å². The highest BCUT2D eigenvalue weighted by Crippen LogP contribution is 2.45. The van der Waals surface area contributed by atoms with Gasteiger partial charge in [-0.05, 0) is 87.3 Å². The summed E-state index contributed by atoms with van der Waals surface area (Å²) in [6.07, 6.45) is 1.49. The molecule has 1 saturated heterocycles. The molecule has 15 heteroatoms. The lowest BCUT2D eigenvalue weighted by Crippen LogP contribution is -2.38. The maximum Gasteiger partial charge on any atom is 0.305 e. The number of esters is 1. The van der Waals surface area contributed by atoms with Gasteiger partial charge in [-0.15, -0.1) is 0 Å². The van der Waals surface area contributed by atoms with E-state index in [9.17, 15) is 19.5 Å². The molecule has 3 unspecified atom stereocenters. The molecule has 1 aliphatic carbocycles. The molecule has 3 N–H and O–H groups in total. The number of methoxy groups -OCH3 is 2.